The number of aryl methyl sites for hydroxylation is 2. The highest BCUT2D eigenvalue weighted by atomic mass is 15.3. The Morgan fingerprint density at radius 2 is 1.21 bits per heavy atom. The van der Waals surface area contributed by atoms with Crippen molar-refractivity contribution in [1.29, 1.82) is 0 Å². The van der Waals surface area contributed by atoms with Gasteiger partial charge in [0.2, 0.25) is 17.8 Å². The van der Waals surface area contributed by atoms with E-state index in [1.165, 1.54) is 22.3 Å². The molecule has 0 bridgehead atoms. The van der Waals surface area contributed by atoms with Crippen molar-refractivity contribution in [2.45, 2.75) is 18.9 Å². The molecule has 8 nitrogen and oxygen atoms in total. The van der Waals surface area contributed by atoms with Gasteiger partial charge >= 0.3 is 0 Å². The van der Waals surface area contributed by atoms with Gasteiger partial charge in [0.25, 0.3) is 0 Å². The first kappa shape index (κ1) is 25.9. The molecular formula is C30H38N8. The fraction of sp³-hybridized carbons (Fsp3) is 0.367. The topological polar surface area (TPSA) is 81.2 Å². The second kappa shape index (κ2) is 12.7. The summed E-state index contributed by atoms with van der Waals surface area (Å²) in [7, 11) is 0. The molecule has 0 radical (unpaired) electrons. The number of fused-ring (bicyclic) bond motifs is 2. The number of anilines is 3. The number of piperazine rings is 1. The van der Waals surface area contributed by atoms with E-state index in [-0.39, 0.29) is 0 Å². The van der Waals surface area contributed by atoms with E-state index >= 15 is 0 Å². The number of benzene rings is 2. The molecule has 0 saturated carbocycles. The average Bonchev–Trinajstić information content (AvgIpc) is 3.12. The Bertz CT molecular complexity index is 1160. The van der Waals surface area contributed by atoms with Crippen LogP contribution in [0.15, 0.2) is 73.8 Å². The molecule has 0 atom stereocenters. The summed E-state index contributed by atoms with van der Waals surface area (Å²) in [5, 5.41) is 9.67. The van der Waals surface area contributed by atoms with Crippen molar-refractivity contribution in [3.63, 3.8) is 0 Å². The Morgan fingerprint density at radius 1 is 0.711 bits per heavy atom. The predicted octanol–water partition coefficient (Wildman–Crippen LogP) is 3.99. The molecule has 0 spiro atoms. The van der Waals surface area contributed by atoms with Crippen LogP contribution in [0.3, 0.4) is 0 Å². The van der Waals surface area contributed by atoms with Crippen molar-refractivity contribution in [1.82, 2.24) is 24.8 Å². The Kier molecular flexibility index (Phi) is 8.63. The number of hydrogen-bond acceptors (Lipinski definition) is 8. The minimum absolute atomic E-state index is 0.332. The minimum atomic E-state index is 0.332. The highest BCUT2D eigenvalue weighted by molar-refractivity contribution is 5.45. The van der Waals surface area contributed by atoms with Gasteiger partial charge in [-0.25, -0.2) is 0 Å². The molecule has 8 heteroatoms. The summed E-state index contributed by atoms with van der Waals surface area (Å²) in [5.41, 5.74) is 5.93. The van der Waals surface area contributed by atoms with Crippen molar-refractivity contribution in [2.24, 2.45) is 0 Å². The van der Waals surface area contributed by atoms with E-state index in [0.29, 0.717) is 37.0 Å². The summed E-state index contributed by atoms with van der Waals surface area (Å²) in [4.78, 5) is 18.6. The van der Waals surface area contributed by atoms with Crippen LogP contribution in [0.2, 0.25) is 0 Å². The van der Waals surface area contributed by atoms with Crippen LogP contribution >= 0.6 is 0 Å². The van der Waals surface area contributed by atoms with E-state index in [1.807, 2.05) is 0 Å². The third-order valence-electron chi connectivity index (χ3n) is 7.29. The molecule has 1 aliphatic heterocycles. The Hall–Kier alpha value is -3.75. The van der Waals surface area contributed by atoms with Crippen molar-refractivity contribution in [3.8, 4) is 0 Å². The molecule has 2 heterocycles. The zero-order chi connectivity index (χ0) is 26.2. The van der Waals surface area contributed by atoms with Gasteiger partial charge in [0.1, 0.15) is 0 Å². The van der Waals surface area contributed by atoms with E-state index < -0.39 is 0 Å². The van der Waals surface area contributed by atoms with Gasteiger partial charge in [-0.3, -0.25) is 9.80 Å². The van der Waals surface area contributed by atoms with E-state index in [1.54, 1.807) is 12.2 Å². The van der Waals surface area contributed by atoms with Gasteiger partial charge in [0.15, 0.2) is 0 Å². The third-order valence-corrected chi connectivity index (χ3v) is 7.29. The van der Waals surface area contributed by atoms with E-state index in [2.05, 4.69) is 102 Å². The van der Waals surface area contributed by atoms with Crippen LogP contribution in [-0.2, 0) is 12.8 Å². The fourth-order valence-electron chi connectivity index (χ4n) is 5.40. The van der Waals surface area contributed by atoms with Crippen LogP contribution in [0.1, 0.15) is 28.3 Å². The lowest BCUT2D eigenvalue weighted by atomic mass is 9.93. The fourth-order valence-corrected chi connectivity index (χ4v) is 5.40. The Labute approximate surface area is 225 Å². The highest BCUT2D eigenvalue weighted by Gasteiger charge is 2.30. The molecule has 5 rings (SSSR count). The molecule has 1 aromatic heterocycles. The van der Waals surface area contributed by atoms with Gasteiger partial charge in [-0.05, 0) is 35.1 Å². The monoisotopic (exact) mass is 510 g/mol. The van der Waals surface area contributed by atoms with Gasteiger partial charge in [-0.1, -0.05) is 60.7 Å². The maximum Gasteiger partial charge on any atom is 0.229 e. The molecule has 2 aliphatic rings. The van der Waals surface area contributed by atoms with E-state index in [9.17, 15) is 0 Å². The van der Waals surface area contributed by atoms with Gasteiger partial charge in [-0.2, -0.15) is 15.0 Å². The lowest BCUT2D eigenvalue weighted by Gasteiger charge is -2.40. The minimum Gasteiger partial charge on any atom is -0.353 e. The number of nitrogens with zero attached hydrogens (tertiary/aromatic N) is 5. The normalized spacial score (nSPS) is 16.1. The largest absolute Gasteiger partial charge is 0.353 e. The van der Waals surface area contributed by atoms with E-state index in [4.69, 9.17) is 0 Å². The van der Waals surface area contributed by atoms with Crippen molar-refractivity contribution in [2.75, 3.05) is 68.3 Å². The standard InChI is InChI=1S/C30H38N8/c1-3-15-31-28-34-29(32-16-4-2)36-30(35-28)33-17-18-37-19-21-38(22-20-37)27-25-11-7-5-9-23(25)13-14-24-10-6-8-12-26(24)27/h3-12,27H,1-2,13-22H2,(H3,31,32,33,34,35,36). The maximum absolute atomic E-state index is 4.50. The van der Waals surface area contributed by atoms with Crippen LogP contribution in [0.4, 0.5) is 17.8 Å². The van der Waals surface area contributed by atoms with Crippen LogP contribution in [0.5, 0.6) is 0 Å². The van der Waals surface area contributed by atoms with Crippen LogP contribution in [0.25, 0.3) is 0 Å². The zero-order valence-corrected chi connectivity index (χ0v) is 22.1. The third kappa shape index (κ3) is 6.20. The van der Waals surface area contributed by atoms with Crippen molar-refractivity contribution in [3.05, 3.63) is 96.1 Å². The highest BCUT2D eigenvalue weighted by Crippen LogP contribution is 2.37. The van der Waals surface area contributed by atoms with Gasteiger partial charge in [-0.15, -0.1) is 13.2 Å². The number of rotatable bonds is 11. The first-order chi connectivity index (χ1) is 18.7. The summed E-state index contributed by atoms with van der Waals surface area (Å²) < 4.78 is 0. The average molecular weight is 511 g/mol. The van der Waals surface area contributed by atoms with Crippen LogP contribution in [-0.4, -0.2) is 77.1 Å². The molecule has 0 unspecified atom stereocenters. The lowest BCUT2D eigenvalue weighted by Crippen LogP contribution is -2.49. The van der Waals surface area contributed by atoms with Crippen molar-refractivity contribution >= 4 is 17.8 Å². The molecule has 38 heavy (non-hydrogen) atoms. The summed E-state index contributed by atoms with van der Waals surface area (Å²) in [6.07, 6.45) is 5.78. The molecule has 198 valence electrons. The molecule has 0 amide bonds. The molecule has 1 saturated heterocycles. The number of aromatic nitrogens is 3. The van der Waals surface area contributed by atoms with Crippen molar-refractivity contribution < 1.29 is 0 Å². The lowest BCUT2D eigenvalue weighted by molar-refractivity contribution is 0.112. The maximum atomic E-state index is 4.50. The summed E-state index contributed by atoms with van der Waals surface area (Å²) in [5.74, 6) is 1.60. The SMILES string of the molecule is C=CCNc1nc(NCC=C)nc(NCCN2CCN(C3c4ccccc4CCc4ccccc43)CC2)n1. The van der Waals surface area contributed by atoms with Gasteiger partial charge < -0.3 is 16.0 Å². The first-order valence-electron chi connectivity index (χ1n) is 13.6. The smallest absolute Gasteiger partial charge is 0.229 e. The first-order valence-corrected chi connectivity index (χ1v) is 13.6. The summed E-state index contributed by atoms with van der Waals surface area (Å²) >= 11 is 0. The van der Waals surface area contributed by atoms with Crippen LogP contribution in [0, 0.1) is 0 Å². The molecular weight excluding hydrogens is 472 g/mol. The van der Waals surface area contributed by atoms with E-state index in [0.717, 1.165) is 52.1 Å². The molecule has 3 N–H and O–H groups in total. The Morgan fingerprint density at radius 3 is 1.74 bits per heavy atom. The summed E-state index contributed by atoms with van der Waals surface area (Å²) in [6, 6.07) is 18.4. The zero-order valence-electron chi connectivity index (χ0n) is 22.1. The quantitative estimate of drug-likeness (QED) is 0.334. The molecule has 1 aliphatic carbocycles. The predicted molar refractivity (Wildman–Crippen MR) is 156 cm³/mol. The number of hydrogen-bond donors (Lipinski definition) is 3. The van der Waals surface area contributed by atoms with Gasteiger partial charge in [0, 0.05) is 52.4 Å². The van der Waals surface area contributed by atoms with Gasteiger partial charge in [0.05, 0.1) is 6.04 Å². The number of nitrogens with one attached hydrogen (secondary N) is 3. The molecule has 1 fully saturated rings. The second-order valence-corrected chi connectivity index (χ2v) is 9.75. The summed E-state index contributed by atoms with van der Waals surface area (Å²) in [6.45, 7) is 14.5. The van der Waals surface area contributed by atoms with Crippen LogP contribution < -0.4 is 16.0 Å². The Balaban J connectivity index is 1.20. The molecule has 2 aromatic carbocycles. The molecule has 3 aromatic rings. The second-order valence-electron chi connectivity index (χ2n) is 9.75.